The summed E-state index contributed by atoms with van der Waals surface area (Å²) < 4.78 is 0. The predicted octanol–water partition coefficient (Wildman–Crippen LogP) is -0.0917. The van der Waals surface area contributed by atoms with Crippen LogP contribution in [0.25, 0.3) is 0 Å². The van der Waals surface area contributed by atoms with Gasteiger partial charge in [0.2, 0.25) is 0 Å². The number of hydrogen-bond acceptors (Lipinski definition) is 3. The van der Waals surface area contributed by atoms with E-state index in [4.69, 9.17) is 9.94 Å². The number of nitrogens with one attached hydrogen (secondary N) is 1. The zero-order valence-electron chi connectivity index (χ0n) is 5.35. The molecule has 0 rings (SSSR count). The van der Waals surface area contributed by atoms with E-state index in [9.17, 15) is 0 Å². The van der Waals surface area contributed by atoms with Crippen LogP contribution >= 0.6 is 0 Å². The average Bonchev–Trinajstić information content (AvgIpc) is 1.66. The summed E-state index contributed by atoms with van der Waals surface area (Å²) in [5.41, 5.74) is 2.69. The number of aliphatic hydroxyl groups is 1. The fourth-order valence-electron chi connectivity index (χ4n) is 0.271. The third-order valence-corrected chi connectivity index (χ3v) is 0.512. The van der Waals surface area contributed by atoms with Crippen molar-refractivity contribution in [2.24, 2.45) is 0 Å². The minimum atomic E-state index is 0.0692. The van der Waals surface area contributed by atoms with E-state index in [2.05, 4.69) is 5.48 Å². The molecule has 0 amide bonds. The van der Waals surface area contributed by atoms with Gasteiger partial charge in [0.15, 0.2) is 0 Å². The molecular formula is C5H13NO2. The molecule has 0 unspecified atom stereocenters. The molecule has 0 aliphatic rings. The van der Waals surface area contributed by atoms with E-state index >= 15 is 0 Å². The van der Waals surface area contributed by atoms with Crippen LogP contribution in [0.3, 0.4) is 0 Å². The highest BCUT2D eigenvalue weighted by Gasteiger charge is 1.88. The molecule has 0 aromatic heterocycles. The number of hydrogen-bond donors (Lipinski definition) is 2. The highest BCUT2D eigenvalue weighted by atomic mass is 16.6. The van der Waals surface area contributed by atoms with Crippen LogP contribution in [0.5, 0.6) is 0 Å². The predicted molar refractivity (Wildman–Crippen MR) is 31.3 cm³/mol. The van der Waals surface area contributed by atoms with Gasteiger partial charge in [-0.3, -0.25) is 4.84 Å². The van der Waals surface area contributed by atoms with E-state index in [0.717, 1.165) is 0 Å². The lowest BCUT2D eigenvalue weighted by molar-refractivity contribution is 0.00344. The van der Waals surface area contributed by atoms with Crippen molar-refractivity contribution in [1.82, 2.24) is 5.48 Å². The topological polar surface area (TPSA) is 41.5 Å². The second-order valence-electron chi connectivity index (χ2n) is 1.84. The van der Waals surface area contributed by atoms with Crippen LogP contribution in [-0.2, 0) is 4.84 Å². The van der Waals surface area contributed by atoms with Crippen molar-refractivity contribution in [3.8, 4) is 0 Å². The molecule has 50 valence electrons. The fraction of sp³-hybridized carbons (Fsp3) is 1.00. The average molecular weight is 119 g/mol. The summed E-state index contributed by atoms with van der Waals surface area (Å²) >= 11 is 0. The Morgan fingerprint density at radius 2 is 2.25 bits per heavy atom. The Balaban J connectivity index is 2.72. The van der Waals surface area contributed by atoms with Gasteiger partial charge in [-0.1, -0.05) is 0 Å². The zero-order valence-corrected chi connectivity index (χ0v) is 5.35. The Morgan fingerprint density at radius 1 is 1.62 bits per heavy atom. The summed E-state index contributed by atoms with van der Waals surface area (Å²) in [5, 5.41) is 8.21. The van der Waals surface area contributed by atoms with Gasteiger partial charge < -0.3 is 5.11 Å². The van der Waals surface area contributed by atoms with Crippen molar-refractivity contribution < 1.29 is 9.94 Å². The molecule has 3 nitrogen and oxygen atoms in total. The second kappa shape index (κ2) is 5.03. The van der Waals surface area contributed by atoms with Gasteiger partial charge >= 0.3 is 0 Å². The minimum Gasteiger partial charge on any atom is -0.394 e. The van der Waals surface area contributed by atoms with Crippen molar-refractivity contribution in [3.63, 3.8) is 0 Å². The van der Waals surface area contributed by atoms with E-state index < -0.39 is 0 Å². The summed E-state index contributed by atoms with van der Waals surface area (Å²) in [6.07, 6.45) is 0. The monoisotopic (exact) mass is 119 g/mol. The summed E-state index contributed by atoms with van der Waals surface area (Å²) in [6.45, 7) is 4.37. The molecule has 0 spiro atoms. The molecule has 0 aliphatic heterocycles. The molecule has 8 heavy (non-hydrogen) atoms. The molecule has 0 heterocycles. The fourth-order valence-corrected chi connectivity index (χ4v) is 0.271. The smallest absolute Gasteiger partial charge is 0.0913 e. The van der Waals surface area contributed by atoms with Gasteiger partial charge in [-0.2, -0.15) is 5.48 Å². The molecule has 0 bridgehead atoms. The quantitative estimate of drug-likeness (QED) is 0.401. The number of hydroxylamine groups is 1. The standard InChI is InChI=1S/C5H13NO2/c1-5(2)6-8-4-3-7/h5-7H,3-4H2,1-2H3. The SMILES string of the molecule is CC(C)NOCCO. The van der Waals surface area contributed by atoms with Crippen molar-refractivity contribution in [2.45, 2.75) is 19.9 Å². The third-order valence-electron chi connectivity index (χ3n) is 0.512. The Labute approximate surface area is 49.6 Å². The van der Waals surface area contributed by atoms with Gasteiger partial charge in [0, 0.05) is 6.04 Å². The largest absolute Gasteiger partial charge is 0.394 e. The van der Waals surface area contributed by atoms with Crippen LogP contribution in [0, 0.1) is 0 Å². The third kappa shape index (κ3) is 5.88. The normalized spacial score (nSPS) is 10.5. The molecule has 0 aliphatic carbocycles. The highest BCUT2D eigenvalue weighted by Crippen LogP contribution is 1.74. The number of aliphatic hydroxyl groups excluding tert-OH is 1. The maximum absolute atomic E-state index is 8.21. The van der Waals surface area contributed by atoms with Crippen LogP contribution in [0.1, 0.15) is 13.8 Å². The van der Waals surface area contributed by atoms with E-state index in [0.29, 0.717) is 12.6 Å². The molecule has 0 aromatic rings. The molecule has 0 saturated carbocycles. The minimum absolute atomic E-state index is 0.0692. The second-order valence-corrected chi connectivity index (χ2v) is 1.84. The first kappa shape index (κ1) is 7.88. The molecule has 0 radical (unpaired) electrons. The van der Waals surface area contributed by atoms with E-state index in [1.54, 1.807) is 0 Å². The summed E-state index contributed by atoms with van der Waals surface area (Å²) in [5.74, 6) is 0. The van der Waals surface area contributed by atoms with Crippen LogP contribution in [0.2, 0.25) is 0 Å². The summed E-state index contributed by atoms with van der Waals surface area (Å²) in [4.78, 5) is 4.74. The lowest BCUT2D eigenvalue weighted by Crippen LogP contribution is -2.24. The van der Waals surface area contributed by atoms with Gasteiger partial charge in [0.05, 0.1) is 13.2 Å². The molecular weight excluding hydrogens is 106 g/mol. The first-order valence-electron chi connectivity index (χ1n) is 2.75. The first-order chi connectivity index (χ1) is 3.77. The molecule has 2 N–H and O–H groups in total. The van der Waals surface area contributed by atoms with Crippen molar-refractivity contribution in [2.75, 3.05) is 13.2 Å². The lowest BCUT2D eigenvalue weighted by atomic mass is 10.4. The van der Waals surface area contributed by atoms with Gasteiger partial charge in [-0.05, 0) is 13.8 Å². The van der Waals surface area contributed by atoms with E-state index in [1.807, 2.05) is 13.8 Å². The van der Waals surface area contributed by atoms with Gasteiger partial charge in [-0.25, -0.2) is 0 Å². The molecule has 3 heteroatoms. The molecule has 0 fully saturated rings. The molecule has 0 aromatic carbocycles. The Kier molecular flexibility index (Phi) is 4.95. The van der Waals surface area contributed by atoms with Gasteiger partial charge in [-0.15, -0.1) is 0 Å². The molecule has 0 saturated heterocycles. The summed E-state index contributed by atoms with van der Waals surface area (Å²) in [7, 11) is 0. The van der Waals surface area contributed by atoms with Crippen LogP contribution in [0.15, 0.2) is 0 Å². The first-order valence-corrected chi connectivity index (χ1v) is 2.75. The van der Waals surface area contributed by atoms with Crippen molar-refractivity contribution >= 4 is 0 Å². The maximum Gasteiger partial charge on any atom is 0.0913 e. The van der Waals surface area contributed by atoms with Crippen LogP contribution in [-0.4, -0.2) is 24.4 Å². The Hall–Kier alpha value is -0.120. The van der Waals surface area contributed by atoms with Gasteiger partial charge in [0.25, 0.3) is 0 Å². The van der Waals surface area contributed by atoms with E-state index in [-0.39, 0.29) is 6.61 Å². The Bertz CT molecular complexity index is 47.7. The zero-order chi connectivity index (χ0) is 6.41. The van der Waals surface area contributed by atoms with Crippen LogP contribution < -0.4 is 5.48 Å². The van der Waals surface area contributed by atoms with E-state index in [1.165, 1.54) is 0 Å². The summed E-state index contributed by atoms with van der Waals surface area (Å²) in [6, 6.07) is 0.321. The molecule has 0 atom stereocenters. The lowest BCUT2D eigenvalue weighted by Gasteiger charge is -2.05. The van der Waals surface area contributed by atoms with Crippen molar-refractivity contribution in [1.29, 1.82) is 0 Å². The highest BCUT2D eigenvalue weighted by molar-refractivity contribution is 4.38. The maximum atomic E-state index is 8.21. The Morgan fingerprint density at radius 3 is 2.62 bits per heavy atom. The number of rotatable bonds is 4. The van der Waals surface area contributed by atoms with Crippen LogP contribution in [0.4, 0.5) is 0 Å². The van der Waals surface area contributed by atoms with Crippen molar-refractivity contribution in [3.05, 3.63) is 0 Å². The van der Waals surface area contributed by atoms with Gasteiger partial charge in [0.1, 0.15) is 0 Å².